The van der Waals surface area contributed by atoms with Gasteiger partial charge in [-0.2, -0.15) is 5.10 Å². The predicted octanol–water partition coefficient (Wildman–Crippen LogP) is 4.57. The van der Waals surface area contributed by atoms with E-state index in [1.54, 1.807) is 25.5 Å². The van der Waals surface area contributed by atoms with E-state index in [0.717, 1.165) is 14.9 Å². The van der Waals surface area contributed by atoms with Gasteiger partial charge in [0.25, 0.3) is 0 Å². The average Bonchev–Trinajstić information content (AvgIpc) is 2.66. The zero-order valence-electron chi connectivity index (χ0n) is 15.2. The number of amides is 1. The zero-order chi connectivity index (χ0) is 19.6. The monoisotopic (exact) mass is 448 g/mol. The molecule has 0 heterocycles. The third kappa shape index (κ3) is 6.77. The van der Waals surface area contributed by atoms with Crippen LogP contribution in [0.1, 0.15) is 11.1 Å². The molecule has 2 aromatic carbocycles. The highest BCUT2D eigenvalue weighted by Gasteiger charge is 2.10. The van der Waals surface area contributed by atoms with Crippen LogP contribution in [0.4, 0.5) is 0 Å². The van der Waals surface area contributed by atoms with Gasteiger partial charge in [0.05, 0.1) is 23.5 Å². The van der Waals surface area contributed by atoms with Crippen molar-refractivity contribution in [3.63, 3.8) is 0 Å². The van der Waals surface area contributed by atoms with Gasteiger partial charge < -0.3 is 9.47 Å². The minimum Gasteiger partial charge on any atom is -0.493 e. The molecule has 1 N–H and O–H groups in total. The lowest BCUT2D eigenvalue weighted by Crippen LogP contribution is -2.19. The number of thioether (sulfide) groups is 1. The number of methoxy groups -OCH3 is 1. The van der Waals surface area contributed by atoms with Gasteiger partial charge in [0, 0.05) is 4.90 Å². The Morgan fingerprint density at radius 3 is 2.74 bits per heavy atom. The Bertz CT molecular complexity index is 823. The zero-order valence-corrected chi connectivity index (χ0v) is 17.6. The second kappa shape index (κ2) is 10.8. The molecule has 27 heavy (non-hydrogen) atoms. The minimum absolute atomic E-state index is 0.172. The summed E-state index contributed by atoms with van der Waals surface area (Å²) in [6.45, 7) is 6.03. The van der Waals surface area contributed by atoms with Gasteiger partial charge in [-0.3, -0.25) is 4.79 Å². The number of carbonyl (C=O) groups is 1. The lowest BCUT2D eigenvalue weighted by Gasteiger charge is -2.12. The Hall–Kier alpha value is -2.25. The summed E-state index contributed by atoms with van der Waals surface area (Å²) in [5.41, 5.74) is 4.48. The summed E-state index contributed by atoms with van der Waals surface area (Å²) in [7, 11) is 1.56. The van der Waals surface area contributed by atoms with Crippen LogP contribution in [0.2, 0.25) is 0 Å². The number of ether oxygens (including phenoxy) is 2. The summed E-state index contributed by atoms with van der Waals surface area (Å²) >= 11 is 4.92. The van der Waals surface area contributed by atoms with Crippen molar-refractivity contribution in [1.29, 1.82) is 0 Å². The molecule has 0 unspecified atom stereocenters. The number of halogens is 1. The molecule has 0 bridgehead atoms. The highest BCUT2D eigenvalue weighted by atomic mass is 79.9. The normalized spacial score (nSPS) is 10.6. The first-order valence-corrected chi connectivity index (χ1v) is 9.94. The minimum atomic E-state index is -0.172. The van der Waals surface area contributed by atoms with Crippen LogP contribution in [0.5, 0.6) is 11.5 Å². The molecule has 5 nitrogen and oxygen atoms in total. The lowest BCUT2D eigenvalue weighted by atomic mass is 10.2. The summed E-state index contributed by atoms with van der Waals surface area (Å²) in [5, 5.41) is 4.01. The summed E-state index contributed by atoms with van der Waals surface area (Å²) in [4.78, 5) is 13.0. The SMILES string of the molecule is C=CCOc1c(Br)cc(/C=N\NC(=O)CSc2ccc(C)cc2)cc1OC. The molecular formula is C20H21BrN2O3S. The van der Waals surface area contributed by atoms with Crippen LogP contribution in [0.3, 0.4) is 0 Å². The van der Waals surface area contributed by atoms with Gasteiger partial charge in [-0.25, -0.2) is 5.43 Å². The Morgan fingerprint density at radius 2 is 2.07 bits per heavy atom. The number of nitrogens with zero attached hydrogens (tertiary/aromatic N) is 1. The van der Waals surface area contributed by atoms with E-state index in [4.69, 9.17) is 9.47 Å². The average molecular weight is 449 g/mol. The highest BCUT2D eigenvalue weighted by Crippen LogP contribution is 2.36. The van der Waals surface area contributed by atoms with Crippen LogP contribution in [0, 0.1) is 6.92 Å². The molecule has 0 aromatic heterocycles. The van der Waals surface area contributed by atoms with Crippen molar-refractivity contribution in [2.45, 2.75) is 11.8 Å². The van der Waals surface area contributed by atoms with Gasteiger partial charge in [-0.1, -0.05) is 30.4 Å². The first-order chi connectivity index (χ1) is 13.0. The molecule has 0 radical (unpaired) electrons. The van der Waals surface area contributed by atoms with Crippen LogP contribution in [-0.2, 0) is 4.79 Å². The van der Waals surface area contributed by atoms with E-state index in [1.807, 2.05) is 37.3 Å². The molecule has 1 amide bonds. The molecule has 0 aliphatic rings. The Kier molecular flexibility index (Phi) is 8.42. The number of benzene rings is 2. The molecule has 0 aliphatic heterocycles. The molecule has 2 aromatic rings. The van der Waals surface area contributed by atoms with Crippen LogP contribution >= 0.6 is 27.7 Å². The molecule has 0 saturated carbocycles. The van der Waals surface area contributed by atoms with Crippen molar-refractivity contribution >= 4 is 39.8 Å². The number of nitrogens with one attached hydrogen (secondary N) is 1. The van der Waals surface area contributed by atoms with Gasteiger partial charge in [-0.15, -0.1) is 11.8 Å². The Balaban J connectivity index is 1.92. The quantitative estimate of drug-likeness (QED) is 0.264. The summed E-state index contributed by atoms with van der Waals surface area (Å²) in [5.74, 6) is 1.28. The molecule has 0 aliphatic carbocycles. The van der Waals surface area contributed by atoms with E-state index in [9.17, 15) is 4.79 Å². The van der Waals surface area contributed by atoms with E-state index < -0.39 is 0 Å². The van der Waals surface area contributed by atoms with Gasteiger partial charge in [0.1, 0.15) is 6.61 Å². The lowest BCUT2D eigenvalue weighted by molar-refractivity contribution is -0.118. The van der Waals surface area contributed by atoms with E-state index in [2.05, 4.69) is 33.0 Å². The molecule has 142 valence electrons. The summed E-state index contributed by atoms with van der Waals surface area (Å²) in [6.07, 6.45) is 3.21. The van der Waals surface area contributed by atoms with Crippen molar-refractivity contribution in [2.75, 3.05) is 19.5 Å². The largest absolute Gasteiger partial charge is 0.493 e. The maximum atomic E-state index is 11.9. The maximum Gasteiger partial charge on any atom is 0.250 e. The van der Waals surface area contributed by atoms with Crippen molar-refractivity contribution in [3.05, 3.63) is 64.7 Å². The van der Waals surface area contributed by atoms with E-state index in [1.165, 1.54) is 17.3 Å². The standard InChI is InChI=1S/C20H21BrN2O3S/c1-4-9-26-20-17(21)10-15(11-18(20)25-3)12-22-23-19(24)13-27-16-7-5-14(2)6-8-16/h4-8,10-12H,1,9,13H2,2-3H3,(H,23,24)/b22-12-. The second-order valence-corrected chi connectivity index (χ2v) is 7.43. The van der Waals surface area contributed by atoms with Gasteiger partial charge in [0.15, 0.2) is 11.5 Å². The van der Waals surface area contributed by atoms with Gasteiger partial charge in [-0.05, 0) is 52.7 Å². The molecule has 7 heteroatoms. The topological polar surface area (TPSA) is 59.9 Å². The van der Waals surface area contributed by atoms with Crippen molar-refractivity contribution in [2.24, 2.45) is 5.10 Å². The molecule has 2 rings (SSSR count). The molecular weight excluding hydrogens is 428 g/mol. The van der Waals surface area contributed by atoms with Crippen molar-refractivity contribution in [3.8, 4) is 11.5 Å². The number of carbonyl (C=O) groups excluding carboxylic acids is 1. The first-order valence-electron chi connectivity index (χ1n) is 8.16. The van der Waals surface area contributed by atoms with E-state index >= 15 is 0 Å². The molecule has 0 atom stereocenters. The van der Waals surface area contributed by atoms with Crippen LogP contribution in [0.15, 0.2) is 63.5 Å². The van der Waals surface area contributed by atoms with E-state index in [-0.39, 0.29) is 5.91 Å². The highest BCUT2D eigenvalue weighted by molar-refractivity contribution is 9.10. The number of hydrogen-bond donors (Lipinski definition) is 1. The first kappa shape index (κ1) is 21.1. The van der Waals surface area contributed by atoms with Crippen LogP contribution in [-0.4, -0.2) is 31.6 Å². The fourth-order valence-corrected chi connectivity index (χ4v) is 3.36. The number of aryl methyl sites for hydroxylation is 1. The Morgan fingerprint density at radius 1 is 1.33 bits per heavy atom. The van der Waals surface area contributed by atoms with Gasteiger partial charge in [0.2, 0.25) is 5.91 Å². The van der Waals surface area contributed by atoms with Crippen LogP contribution in [0.25, 0.3) is 0 Å². The number of hydrogen-bond acceptors (Lipinski definition) is 5. The van der Waals surface area contributed by atoms with Crippen molar-refractivity contribution < 1.29 is 14.3 Å². The smallest absolute Gasteiger partial charge is 0.250 e. The van der Waals surface area contributed by atoms with E-state index in [0.29, 0.717) is 23.9 Å². The maximum absolute atomic E-state index is 11.9. The summed E-state index contributed by atoms with van der Waals surface area (Å²) in [6, 6.07) is 11.6. The second-order valence-electron chi connectivity index (χ2n) is 5.53. The Labute approximate surface area is 172 Å². The number of hydrazone groups is 1. The number of rotatable bonds is 9. The summed E-state index contributed by atoms with van der Waals surface area (Å²) < 4.78 is 11.7. The van der Waals surface area contributed by atoms with Crippen molar-refractivity contribution in [1.82, 2.24) is 5.43 Å². The third-order valence-electron chi connectivity index (χ3n) is 3.39. The van der Waals surface area contributed by atoms with Gasteiger partial charge >= 0.3 is 0 Å². The fourth-order valence-electron chi connectivity index (χ4n) is 2.09. The predicted molar refractivity (Wildman–Crippen MR) is 114 cm³/mol. The molecule has 0 fully saturated rings. The molecule has 0 saturated heterocycles. The molecule has 0 spiro atoms. The fraction of sp³-hybridized carbons (Fsp3) is 0.200. The third-order valence-corrected chi connectivity index (χ3v) is 4.99. The van der Waals surface area contributed by atoms with Crippen LogP contribution < -0.4 is 14.9 Å².